The van der Waals surface area contributed by atoms with Crippen molar-refractivity contribution in [3.05, 3.63) is 30.1 Å². The summed E-state index contributed by atoms with van der Waals surface area (Å²) in [6, 6.07) is 6.38. The van der Waals surface area contributed by atoms with Crippen LogP contribution in [0.1, 0.15) is 40.0 Å². The van der Waals surface area contributed by atoms with Gasteiger partial charge in [-0.2, -0.15) is 0 Å². The first kappa shape index (κ1) is 17.9. The van der Waals surface area contributed by atoms with Crippen LogP contribution in [0.3, 0.4) is 0 Å². The SMILES string of the molecule is C[C@@H](Sc1nnc(-c2ccc(F)cc2)o1)C(=O)N1[C@@H](C)CCC[C@@H]1C. The fraction of sp³-hybridized carbons (Fsp3) is 0.500. The van der Waals surface area contributed by atoms with Crippen molar-refractivity contribution >= 4 is 17.7 Å². The molecule has 0 bridgehead atoms. The number of nitrogens with zero attached hydrogens (tertiary/aromatic N) is 3. The highest BCUT2D eigenvalue weighted by Crippen LogP contribution is 2.30. The lowest BCUT2D eigenvalue weighted by molar-refractivity contribution is -0.136. The zero-order valence-corrected chi connectivity index (χ0v) is 15.4. The van der Waals surface area contributed by atoms with E-state index < -0.39 is 0 Å². The molecule has 3 atom stereocenters. The maximum atomic E-state index is 13.0. The van der Waals surface area contributed by atoms with Gasteiger partial charge in [0, 0.05) is 17.6 Å². The number of thioether (sulfide) groups is 1. The number of halogens is 1. The van der Waals surface area contributed by atoms with E-state index in [2.05, 4.69) is 24.0 Å². The van der Waals surface area contributed by atoms with Crippen molar-refractivity contribution in [1.82, 2.24) is 15.1 Å². The number of hydrogen-bond acceptors (Lipinski definition) is 5. The van der Waals surface area contributed by atoms with Gasteiger partial charge >= 0.3 is 0 Å². The highest BCUT2D eigenvalue weighted by Gasteiger charge is 2.32. The Morgan fingerprint density at radius 3 is 2.52 bits per heavy atom. The standard InChI is InChI=1S/C18H22FN3O2S/c1-11-5-4-6-12(2)22(11)17(23)13(3)25-18-21-20-16(24-18)14-7-9-15(19)10-8-14/h7-13H,4-6H2,1-3H3/t11-,12-,13+/m0/s1. The number of benzene rings is 1. The quantitative estimate of drug-likeness (QED) is 0.764. The lowest BCUT2D eigenvalue weighted by Crippen LogP contribution is -2.50. The average molecular weight is 363 g/mol. The molecule has 0 saturated carbocycles. The Morgan fingerprint density at radius 1 is 1.24 bits per heavy atom. The summed E-state index contributed by atoms with van der Waals surface area (Å²) in [4.78, 5) is 14.8. The average Bonchev–Trinajstić information content (AvgIpc) is 3.03. The first-order valence-electron chi connectivity index (χ1n) is 8.54. The van der Waals surface area contributed by atoms with E-state index in [9.17, 15) is 9.18 Å². The second-order valence-corrected chi connectivity index (χ2v) is 7.81. The van der Waals surface area contributed by atoms with Crippen LogP contribution in [-0.2, 0) is 4.79 Å². The van der Waals surface area contributed by atoms with Crippen molar-refractivity contribution in [2.45, 2.75) is 62.6 Å². The van der Waals surface area contributed by atoms with Crippen LogP contribution in [-0.4, -0.2) is 38.3 Å². The van der Waals surface area contributed by atoms with E-state index in [1.807, 2.05) is 11.8 Å². The Kier molecular flexibility index (Phi) is 5.42. The van der Waals surface area contributed by atoms with Crippen LogP contribution < -0.4 is 0 Å². The summed E-state index contributed by atoms with van der Waals surface area (Å²) >= 11 is 1.26. The molecule has 2 heterocycles. The zero-order chi connectivity index (χ0) is 18.0. The summed E-state index contributed by atoms with van der Waals surface area (Å²) in [7, 11) is 0. The molecular weight excluding hydrogens is 341 g/mol. The Hall–Kier alpha value is -1.89. The van der Waals surface area contributed by atoms with Gasteiger partial charge in [0.25, 0.3) is 5.22 Å². The fourth-order valence-electron chi connectivity index (χ4n) is 3.23. The number of hydrogen-bond donors (Lipinski definition) is 0. The van der Waals surface area contributed by atoms with Crippen LogP contribution in [0.15, 0.2) is 33.9 Å². The summed E-state index contributed by atoms with van der Waals surface area (Å²) in [6.45, 7) is 6.07. The van der Waals surface area contributed by atoms with Crippen molar-refractivity contribution in [2.24, 2.45) is 0 Å². The van der Waals surface area contributed by atoms with Crippen molar-refractivity contribution in [1.29, 1.82) is 0 Å². The van der Waals surface area contributed by atoms with Gasteiger partial charge in [0.05, 0.1) is 5.25 Å². The number of amides is 1. The molecule has 0 aliphatic carbocycles. The number of likely N-dealkylation sites (tertiary alicyclic amines) is 1. The largest absolute Gasteiger partial charge is 0.411 e. The van der Waals surface area contributed by atoms with Crippen LogP contribution >= 0.6 is 11.8 Å². The van der Waals surface area contributed by atoms with E-state index in [0.29, 0.717) is 16.7 Å². The van der Waals surface area contributed by atoms with Crippen molar-refractivity contribution in [3.63, 3.8) is 0 Å². The topological polar surface area (TPSA) is 59.2 Å². The van der Waals surface area contributed by atoms with E-state index in [-0.39, 0.29) is 29.1 Å². The van der Waals surface area contributed by atoms with Crippen molar-refractivity contribution in [2.75, 3.05) is 0 Å². The van der Waals surface area contributed by atoms with E-state index in [0.717, 1.165) is 12.8 Å². The molecule has 1 amide bonds. The Morgan fingerprint density at radius 2 is 1.88 bits per heavy atom. The van der Waals surface area contributed by atoms with Crippen molar-refractivity contribution in [3.8, 4) is 11.5 Å². The molecule has 1 saturated heterocycles. The summed E-state index contributed by atoms with van der Waals surface area (Å²) in [5.41, 5.74) is 0.651. The monoisotopic (exact) mass is 363 g/mol. The summed E-state index contributed by atoms with van der Waals surface area (Å²) in [5, 5.41) is 8.03. The van der Waals surface area contributed by atoms with Gasteiger partial charge in [-0.25, -0.2) is 4.39 Å². The third kappa shape index (κ3) is 4.03. The molecule has 0 N–H and O–H groups in total. The van der Waals surface area contributed by atoms with Gasteiger partial charge in [-0.3, -0.25) is 4.79 Å². The van der Waals surface area contributed by atoms with E-state index >= 15 is 0 Å². The highest BCUT2D eigenvalue weighted by atomic mass is 32.2. The molecule has 2 aromatic rings. The molecule has 7 heteroatoms. The molecule has 3 rings (SSSR count). The second kappa shape index (κ2) is 7.56. The smallest absolute Gasteiger partial charge is 0.277 e. The summed E-state index contributed by atoms with van der Waals surface area (Å²) < 4.78 is 18.6. The molecular formula is C18H22FN3O2S. The summed E-state index contributed by atoms with van der Waals surface area (Å²) in [5.74, 6) is 0.106. The minimum atomic E-state index is -0.318. The van der Waals surface area contributed by atoms with Crippen LogP contribution in [0.2, 0.25) is 0 Å². The van der Waals surface area contributed by atoms with Gasteiger partial charge in [-0.1, -0.05) is 11.8 Å². The minimum absolute atomic E-state index is 0.103. The number of carbonyl (C=O) groups excluding carboxylic acids is 1. The van der Waals surface area contributed by atoms with Crippen LogP contribution in [0.5, 0.6) is 0 Å². The highest BCUT2D eigenvalue weighted by molar-refractivity contribution is 8.00. The Labute approximate surface area is 151 Å². The maximum absolute atomic E-state index is 13.0. The van der Waals surface area contributed by atoms with E-state index in [1.54, 1.807) is 12.1 Å². The molecule has 25 heavy (non-hydrogen) atoms. The van der Waals surface area contributed by atoms with Gasteiger partial charge in [-0.05, 0) is 64.3 Å². The normalized spacial score (nSPS) is 22.0. The van der Waals surface area contributed by atoms with E-state index in [1.165, 1.54) is 30.3 Å². The first-order valence-corrected chi connectivity index (χ1v) is 9.42. The molecule has 134 valence electrons. The molecule has 0 spiro atoms. The number of rotatable bonds is 4. The van der Waals surface area contributed by atoms with Gasteiger partial charge < -0.3 is 9.32 Å². The number of aromatic nitrogens is 2. The van der Waals surface area contributed by atoms with Gasteiger partial charge in [0.1, 0.15) is 5.82 Å². The van der Waals surface area contributed by atoms with Crippen molar-refractivity contribution < 1.29 is 13.6 Å². The van der Waals surface area contributed by atoms with E-state index in [4.69, 9.17) is 4.42 Å². The lowest BCUT2D eigenvalue weighted by atomic mass is 9.97. The van der Waals surface area contributed by atoms with Gasteiger partial charge in [0.15, 0.2) is 0 Å². The lowest BCUT2D eigenvalue weighted by Gasteiger charge is -2.40. The maximum Gasteiger partial charge on any atom is 0.277 e. The second-order valence-electron chi connectivity index (χ2n) is 6.51. The zero-order valence-electron chi connectivity index (χ0n) is 14.6. The van der Waals surface area contributed by atoms with Crippen LogP contribution in [0.25, 0.3) is 11.5 Å². The Balaban J connectivity index is 1.67. The molecule has 1 aliphatic rings. The number of carbonyl (C=O) groups is 1. The van der Waals surface area contributed by atoms with Crippen LogP contribution in [0.4, 0.5) is 4.39 Å². The molecule has 5 nitrogen and oxygen atoms in total. The fourth-order valence-corrected chi connectivity index (χ4v) is 3.97. The molecule has 0 radical (unpaired) electrons. The first-order chi connectivity index (χ1) is 12.0. The predicted octanol–water partition coefficient (Wildman–Crippen LogP) is 4.15. The molecule has 1 aromatic heterocycles. The van der Waals surface area contributed by atoms with Gasteiger partial charge in [0.2, 0.25) is 11.8 Å². The summed E-state index contributed by atoms with van der Waals surface area (Å²) in [6.07, 6.45) is 3.25. The predicted molar refractivity (Wildman–Crippen MR) is 94.6 cm³/mol. The third-order valence-corrected chi connectivity index (χ3v) is 5.49. The van der Waals surface area contributed by atoms with Gasteiger partial charge in [-0.15, -0.1) is 10.2 Å². The Bertz CT molecular complexity index is 724. The molecule has 1 aliphatic heterocycles. The third-order valence-electron chi connectivity index (χ3n) is 4.57. The molecule has 1 aromatic carbocycles. The molecule has 0 unspecified atom stereocenters. The molecule has 1 fully saturated rings. The minimum Gasteiger partial charge on any atom is -0.411 e. The van der Waals surface area contributed by atoms with Crippen LogP contribution in [0, 0.1) is 5.82 Å². The number of piperidine rings is 1.